The highest BCUT2D eigenvalue weighted by Gasteiger charge is 2.20. The number of rotatable bonds is 4. The van der Waals surface area contributed by atoms with E-state index in [0.717, 1.165) is 32.1 Å². The second-order valence-corrected chi connectivity index (χ2v) is 6.24. The summed E-state index contributed by atoms with van der Waals surface area (Å²) in [5.74, 6) is 0.686. The Morgan fingerprint density at radius 2 is 1.57 bits per heavy atom. The van der Waals surface area contributed by atoms with Crippen molar-refractivity contribution >= 4 is 23.4 Å². The molecule has 0 spiro atoms. The van der Waals surface area contributed by atoms with Gasteiger partial charge in [-0.15, -0.1) is 0 Å². The van der Waals surface area contributed by atoms with Crippen LogP contribution in [0.25, 0.3) is 0 Å². The topological polar surface area (TPSA) is 87.1 Å². The number of nitrogens with one attached hydrogen (secondary N) is 1. The summed E-state index contributed by atoms with van der Waals surface area (Å²) in [6, 6.07) is 7.34. The molecule has 3 aromatic rings. The van der Waals surface area contributed by atoms with Crippen LogP contribution < -0.4 is 15.1 Å². The molecule has 1 aromatic carbocycles. The average Bonchev–Trinajstić information content (AvgIpc) is 2.76. The van der Waals surface area contributed by atoms with Crippen molar-refractivity contribution in [3.63, 3.8) is 0 Å². The van der Waals surface area contributed by atoms with Gasteiger partial charge in [-0.25, -0.2) is 24.3 Å². The molecule has 28 heavy (non-hydrogen) atoms. The second kappa shape index (κ2) is 7.95. The van der Waals surface area contributed by atoms with Crippen LogP contribution >= 0.6 is 0 Å². The van der Waals surface area contributed by atoms with E-state index < -0.39 is 5.91 Å². The Labute approximate surface area is 161 Å². The number of carbonyl (C=O) groups excluding carboxylic acids is 1. The van der Waals surface area contributed by atoms with Gasteiger partial charge in [-0.2, -0.15) is 0 Å². The first-order chi connectivity index (χ1) is 13.7. The number of benzene rings is 1. The standard InChI is InChI=1S/C19H18FN7O/c20-14-2-4-15(5-3-14)25-18(28)16-12-24-17(13-23-16)26-8-10-27(11-9-26)19-21-6-1-7-22-19/h1-7,12-13H,8-11H2,(H,25,28). The van der Waals surface area contributed by atoms with Crippen molar-refractivity contribution in [1.82, 2.24) is 19.9 Å². The maximum absolute atomic E-state index is 12.9. The van der Waals surface area contributed by atoms with Crippen LogP contribution in [0.4, 0.5) is 21.8 Å². The smallest absolute Gasteiger partial charge is 0.275 e. The fourth-order valence-corrected chi connectivity index (χ4v) is 2.92. The van der Waals surface area contributed by atoms with Crippen LogP contribution in [0.1, 0.15) is 10.5 Å². The maximum Gasteiger partial charge on any atom is 0.275 e. The number of amides is 1. The van der Waals surface area contributed by atoms with E-state index in [4.69, 9.17) is 0 Å². The molecule has 0 unspecified atom stereocenters. The van der Waals surface area contributed by atoms with E-state index in [1.807, 2.05) is 0 Å². The van der Waals surface area contributed by atoms with Crippen LogP contribution in [0.5, 0.6) is 0 Å². The van der Waals surface area contributed by atoms with E-state index in [1.165, 1.54) is 30.5 Å². The number of hydrogen-bond acceptors (Lipinski definition) is 7. The van der Waals surface area contributed by atoms with Crippen LogP contribution in [-0.4, -0.2) is 52.0 Å². The molecule has 1 N–H and O–H groups in total. The van der Waals surface area contributed by atoms with Gasteiger partial charge in [-0.05, 0) is 30.3 Å². The van der Waals surface area contributed by atoms with Gasteiger partial charge in [0.15, 0.2) is 0 Å². The summed E-state index contributed by atoms with van der Waals surface area (Å²) in [5, 5.41) is 2.67. The lowest BCUT2D eigenvalue weighted by Crippen LogP contribution is -2.47. The minimum Gasteiger partial charge on any atom is -0.352 e. The molecule has 4 rings (SSSR count). The highest BCUT2D eigenvalue weighted by molar-refractivity contribution is 6.02. The number of carbonyl (C=O) groups is 1. The minimum atomic E-state index is -0.392. The lowest BCUT2D eigenvalue weighted by Gasteiger charge is -2.35. The summed E-state index contributed by atoms with van der Waals surface area (Å²) in [4.78, 5) is 33.6. The molecule has 1 fully saturated rings. The third-order valence-corrected chi connectivity index (χ3v) is 4.41. The van der Waals surface area contributed by atoms with E-state index in [2.05, 4.69) is 35.1 Å². The summed E-state index contributed by atoms with van der Waals surface area (Å²) in [6.45, 7) is 3.07. The normalized spacial score (nSPS) is 14.0. The molecule has 9 heteroatoms. The molecule has 0 atom stereocenters. The molecule has 1 aliphatic rings. The SMILES string of the molecule is O=C(Nc1ccc(F)cc1)c1cnc(N2CCN(c3ncccn3)CC2)cn1. The Balaban J connectivity index is 1.36. The van der Waals surface area contributed by atoms with Crippen molar-refractivity contribution in [3.05, 3.63) is 66.6 Å². The van der Waals surface area contributed by atoms with Gasteiger partial charge in [0, 0.05) is 44.3 Å². The Morgan fingerprint density at radius 3 is 2.21 bits per heavy atom. The first-order valence-electron chi connectivity index (χ1n) is 8.85. The predicted octanol–water partition coefficient (Wildman–Crippen LogP) is 1.98. The summed E-state index contributed by atoms with van der Waals surface area (Å²) in [6.07, 6.45) is 6.50. The number of anilines is 3. The van der Waals surface area contributed by atoms with Crippen LogP contribution in [0, 0.1) is 5.82 Å². The van der Waals surface area contributed by atoms with E-state index in [9.17, 15) is 9.18 Å². The number of halogens is 1. The fourth-order valence-electron chi connectivity index (χ4n) is 2.92. The molecular weight excluding hydrogens is 361 g/mol. The van der Waals surface area contributed by atoms with Crippen molar-refractivity contribution in [3.8, 4) is 0 Å². The molecule has 0 aliphatic carbocycles. The zero-order valence-electron chi connectivity index (χ0n) is 15.0. The first-order valence-corrected chi connectivity index (χ1v) is 8.85. The zero-order valence-corrected chi connectivity index (χ0v) is 15.0. The van der Waals surface area contributed by atoms with Crippen LogP contribution in [0.2, 0.25) is 0 Å². The van der Waals surface area contributed by atoms with Crippen molar-refractivity contribution in [2.24, 2.45) is 0 Å². The van der Waals surface area contributed by atoms with E-state index in [-0.39, 0.29) is 11.5 Å². The Morgan fingerprint density at radius 1 is 0.893 bits per heavy atom. The average molecular weight is 379 g/mol. The predicted molar refractivity (Wildman–Crippen MR) is 103 cm³/mol. The van der Waals surface area contributed by atoms with Gasteiger partial charge in [-0.3, -0.25) is 4.79 Å². The first kappa shape index (κ1) is 17.8. The Kier molecular flexibility index (Phi) is 5.05. The zero-order chi connectivity index (χ0) is 19.3. The van der Waals surface area contributed by atoms with Crippen LogP contribution in [-0.2, 0) is 0 Å². The number of aromatic nitrogens is 4. The van der Waals surface area contributed by atoms with Crippen molar-refractivity contribution in [2.45, 2.75) is 0 Å². The molecule has 2 aromatic heterocycles. The minimum absolute atomic E-state index is 0.199. The summed E-state index contributed by atoms with van der Waals surface area (Å²) in [7, 11) is 0. The molecule has 3 heterocycles. The Hall–Kier alpha value is -3.62. The van der Waals surface area contributed by atoms with Gasteiger partial charge in [0.1, 0.15) is 17.3 Å². The lowest BCUT2D eigenvalue weighted by atomic mass is 10.3. The van der Waals surface area contributed by atoms with E-state index >= 15 is 0 Å². The number of piperazine rings is 1. The fraction of sp³-hybridized carbons (Fsp3) is 0.211. The van der Waals surface area contributed by atoms with Gasteiger partial charge in [0.05, 0.1) is 12.4 Å². The molecule has 1 aliphatic heterocycles. The van der Waals surface area contributed by atoms with Crippen molar-refractivity contribution in [2.75, 3.05) is 41.3 Å². The van der Waals surface area contributed by atoms with Crippen LogP contribution in [0.3, 0.4) is 0 Å². The van der Waals surface area contributed by atoms with Crippen LogP contribution in [0.15, 0.2) is 55.1 Å². The maximum atomic E-state index is 12.9. The van der Waals surface area contributed by atoms with Gasteiger partial charge in [0.2, 0.25) is 5.95 Å². The number of nitrogens with zero attached hydrogens (tertiary/aromatic N) is 6. The highest BCUT2D eigenvalue weighted by atomic mass is 19.1. The summed E-state index contributed by atoms with van der Waals surface area (Å²) < 4.78 is 12.9. The Bertz CT molecular complexity index is 927. The molecule has 0 bridgehead atoms. The molecule has 8 nitrogen and oxygen atoms in total. The largest absolute Gasteiger partial charge is 0.352 e. The molecular formula is C19H18FN7O. The summed E-state index contributed by atoms with van der Waals surface area (Å²) in [5.41, 5.74) is 0.695. The van der Waals surface area contributed by atoms with Gasteiger partial charge < -0.3 is 15.1 Å². The third kappa shape index (κ3) is 4.03. The van der Waals surface area contributed by atoms with Crippen molar-refractivity contribution in [1.29, 1.82) is 0 Å². The second-order valence-electron chi connectivity index (χ2n) is 6.24. The molecule has 1 amide bonds. The van der Waals surface area contributed by atoms with E-state index in [0.29, 0.717) is 11.5 Å². The third-order valence-electron chi connectivity index (χ3n) is 4.41. The molecule has 0 saturated carbocycles. The highest BCUT2D eigenvalue weighted by Crippen LogP contribution is 2.16. The molecule has 142 valence electrons. The number of hydrogen-bond donors (Lipinski definition) is 1. The monoisotopic (exact) mass is 379 g/mol. The molecule has 0 radical (unpaired) electrons. The van der Waals surface area contributed by atoms with Gasteiger partial charge >= 0.3 is 0 Å². The van der Waals surface area contributed by atoms with Crippen molar-refractivity contribution < 1.29 is 9.18 Å². The lowest BCUT2D eigenvalue weighted by molar-refractivity contribution is 0.102. The van der Waals surface area contributed by atoms with Gasteiger partial charge in [0.25, 0.3) is 5.91 Å². The summed E-state index contributed by atoms with van der Waals surface area (Å²) >= 11 is 0. The van der Waals surface area contributed by atoms with Gasteiger partial charge in [-0.1, -0.05) is 0 Å². The quantitative estimate of drug-likeness (QED) is 0.742. The molecule has 1 saturated heterocycles. The van der Waals surface area contributed by atoms with E-state index in [1.54, 1.807) is 24.7 Å².